The Balaban J connectivity index is 1.49. The molecule has 2 aliphatic rings. The number of nitrogens with one attached hydrogen (secondary N) is 1. The number of carbonyl (C=O) groups is 2. The lowest BCUT2D eigenvalue weighted by Crippen LogP contribution is -2.53. The highest BCUT2D eigenvalue weighted by atomic mass is 19.3. The van der Waals surface area contributed by atoms with Crippen molar-refractivity contribution in [1.29, 1.82) is 0 Å². The van der Waals surface area contributed by atoms with Crippen molar-refractivity contribution in [2.45, 2.75) is 70.0 Å². The molecule has 7 nitrogen and oxygen atoms in total. The van der Waals surface area contributed by atoms with E-state index in [1.807, 2.05) is 0 Å². The number of alkyl halides is 4. The molecule has 1 aliphatic carbocycles. The number of rotatable bonds is 7. The minimum Gasteiger partial charge on any atom is -0.415 e. The minimum atomic E-state index is -2.89. The van der Waals surface area contributed by atoms with Gasteiger partial charge in [-0.15, -0.1) is 10.2 Å². The summed E-state index contributed by atoms with van der Waals surface area (Å²) in [4.78, 5) is 27.0. The highest BCUT2D eigenvalue weighted by Crippen LogP contribution is 2.34. The SMILES string of the molecule is O=C(CCC(F)F)N[C@@H]1CCCC[C@H]1N1Cc2ccc(-c3nnc(C(F)F)o3)cc2C1=O. The lowest BCUT2D eigenvalue weighted by molar-refractivity contribution is -0.123. The van der Waals surface area contributed by atoms with Crippen LogP contribution in [0.1, 0.15) is 66.8 Å². The van der Waals surface area contributed by atoms with E-state index in [4.69, 9.17) is 4.42 Å². The summed E-state index contributed by atoms with van der Waals surface area (Å²) in [6, 6.07) is 4.32. The maximum atomic E-state index is 13.2. The number of hydrogen-bond donors (Lipinski definition) is 1. The van der Waals surface area contributed by atoms with Gasteiger partial charge < -0.3 is 14.6 Å². The van der Waals surface area contributed by atoms with Gasteiger partial charge in [0.15, 0.2) is 0 Å². The molecule has 2 aromatic rings. The Bertz CT molecular complexity index is 997. The number of halogens is 4. The van der Waals surface area contributed by atoms with E-state index in [1.54, 1.807) is 23.1 Å². The summed E-state index contributed by atoms with van der Waals surface area (Å²) in [6.45, 7) is 0.342. The number of aromatic nitrogens is 2. The number of hydrogen-bond acceptors (Lipinski definition) is 5. The summed E-state index contributed by atoms with van der Waals surface area (Å²) < 4.78 is 55.2. The van der Waals surface area contributed by atoms with Gasteiger partial charge in [0.1, 0.15) is 0 Å². The quantitative estimate of drug-likeness (QED) is 0.637. The van der Waals surface area contributed by atoms with E-state index in [9.17, 15) is 27.2 Å². The molecule has 1 N–H and O–H groups in total. The van der Waals surface area contributed by atoms with Gasteiger partial charge in [-0.3, -0.25) is 9.59 Å². The van der Waals surface area contributed by atoms with Gasteiger partial charge in [0.05, 0.1) is 6.04 Å². The summed E-state index contributed by atoms with van der Waals surface area (Å²) in [5.74, 6) is -1.58. The largest absolute Gasteiger partial charge is 0.415 e. The van der Waals surface area contributed by atoms with Crippen molar-refractivity contribution < 1.29 is 31.6 Å². The fourth-order valence-corrected chi connectivity index (χ4v) is 4.34. The average molecular weight is 454 g/mol. The highest BCUT2D eigenvalue weighted by molar-refractivity contribution is 5.99. The van der Waals surface area contributed by atoms with Gasteiger partial charge in [-0.1, -0.05) is 18.9 Å². The molecule has 1 aliphatic heterocycles. The van der Waals surface area contributed by atoms with E-state index in [0.717, 1.165) is 18.4 Å². The Hall–Kier alpha value is -2.98. The second-order valence-electron chi connectivity index (χ2n) is 8.01. The minimum absolute atomic E-state index is 0.101. The Morgan fingerprint density at radius 3 is 2.69 bits per heavy atom. The molecule has 11 heteroatoms. The number of benzene rings is 1. The maximum absolute atomic E-state index is 13.2. The Labute approximate surface area is 181 Å². The van der Waals surface area contributed by atoms with E-state index in [0.29, 0.717) is 30.5 Å². The van der Waals surface area contributed by atoms with Gasteiger partial charge in [0.2, 0.25) is 18.2 Å². The van der Waals surface area contributed by atoms with Crippen molar-refractivity contribution in [2.24, 2.45) is 0 Å². The van der Waals surface area contributed by atoms with E-state index in [-0.39, 0.29) is 30.3 Å². The molecule has 1 aromatic carbocycles. The molecule has 0 unspecified atom stereocenters. The molecule has 2 atom stereocenters. The molecule has 0 spiro atoms. The van der Waals surface area contributed by atoms with Crippen LogP contribution in [0.3, 0.4) is 0 Å². The third kappa shape index (κ3) is 4.61. The predicted molar refractivity (Wildman–Crippen MR) is 104 cm³/mol. The fourth-order valence-electron chi connectivity index (χ4n) is 4.34. The maximum Gasteiger partial charge on any atom is 0.314 e. The van der Waals surface area contributed by atoms with Crippen LogP contribution in [0.2, 0.25) is 0 Å². The van der Waals surface area contributed by atoms with Crippen molar-refractivity contribution >= 4 is 11.8 Å². The zero-order chi connectivity index (χ0) is 22.8. The molecule has 1 aromatic heterocycles. The van der Waals surface area contributed by atoms with Gasteiger partial charge in [-0.2, -0.15) is 8.78 Å². The summed E-state index contributed by atoms with van der Waals surface area (Å²) >= 11 is 0. The summed E-state index contributed by atoms with van der Waals surface area (Å²) in [5.41, 5.74) is 1.53. The number of carbonyl (C=O) groups excluding carboxylic acids is 2. The molecular weight excluding hydrogens is 432 g/mol. The molecule has 1 saturated carbocycles. The first-order chi connectivity index (χ1) is 15.3. The van der Waals surface area contributed by atoms with E-state index in [2.05, 4.69) is 15.5 Å². The molecule has 1 fully saturated rings. The lowest BCUT2D eigenvalue weighted by Gasteiger charge is -2.38. The Kier molecular flexibility index (Phi) is 6.43. The molecule has 0 radical (unpaired) electrons. The summed E-state index contributed by atoms with van der Waals surface area (Å²) in [5, 5.41) is 9.76. The normalized spacial score (nSPS) is 20.8. The lowest BCUT2D eigenvalue weighted by atomic mass is 9.89. The van der Waals surface area contributed by atoms with Crippen LogP contribution in [-0.4, -0.2) is 45.4 Å². The van der Waals surface area contributed by atoms with Gasteiger partial charge in [0, 0.05) is 36.6 Å². The van der Waals surface area contributed by atoms with Crippen LogP contribution in [-0.2, 0) is 11.3 Å². The van der Waals surface area contributed by atoms with E-state index in [1.165, 1.54) is 0 Å². The van der Waals surface area contributed by atoms with Crippen LogP contribution in [0, 0.1) is 0 Å². The summed E-state index contributed by atoms with van der Waals surface area (Å²) in [7, 11) is 0. The summed E-state index contributed by atoms with van der Waals surface area (Å²) in [6.07, 6.45) is -3.07. The standard InChI is InChI=1S/C21H22F4N4O3/c22-16(23)7-8-17(30)26-14-3-1-2-4-15(14)29-10-12-6-5-11(9-13(12)21(29)31)19-27-28-20(32-19)18(24)25/h5-6,9,14-16,18H,1-4,7-8,10H2,(H,26,30)/t14-,15-/m1/s1. The van der Waals surface area contributed by atoms with Crippen molar-refractivity contribution in [2.75, 3.05) is 0 Å². The van der Waals surface area contributed by atoms with Crippen LogP contribution in [0.25, 0.3) is 11.5 Å². The molecule has 2 heterocycles. The van der Waals surface area contributed by atoms with Crippen LogP contribution in [0.5, 0.6) is 0 Å². The van der Waals surface area contributed by atoms with Gasteiger partial charge >= 0.3 is 6.43 Å². The molecule has 0 bridgehead atoms. The van der Waals surface area contributed by atoms with E-state index < -0.39 is 31.1 Å². The average Bonchev–Trinajstić information content (AvgIpc) is 3.38. The second-order valence-corrected chi connectivity index (χ2v) is 8.01. The zero-order valence-corrected chi connectivity index (χ0v) is 17.1. The van der Waals surface area contributed by atoms with Crippen LogP contribution < -0.4 is 5.32 Å². The van der Waals surface area contributed by atoms with Crippen LogP contribution in [0.4, 0.5) is 17.6 Å². The molecular formula is C21H22F4N4O3. The Morgan fingerprint density at radius 1 is 1.19 bits per heavy atom. The van der Waals surface area contributed by atoms with Crippen molar-refractivity contribution in [1.82, 2.24) is 20.4 Å². The fraction of sp³-hybridized carbons (Fsp3) is 0.524. The smallest absolute Gasteiger partial charge is 0.314 e. The molecule has 172 valence electrons. The van der Waals surface area contributed by atoms with Gasteiger partial charge in [0.25, 0.3) is 11.8 Å². The molecule has 2 amide bonds. The van der Waals surface area contributed by atoms with Crippen molar-refractivity contribution in [3.05, 3.63) is 35.2 Å². The van der Waals surface area contributed by atoms with Crippen molar-refractivity contribution in [3.8, 4) is 11.5 Å². The third-order valence-corrected chi connectivity index (χ3v) is 5.88. The third-order valence-electron chi connectivity index (χ3n) is 5.88. The van der Waals surface area contributed by atoms with Gasteiger partial charge in [-0.25, -0.2) is 8.78 Å². The topological polar surface area (TPSA) is 88.3 Å². The molecule has 4 rings (SSSR count). The monoisotopic (exact) mass is 454 g/mol. The first kappa shape index (κ1) is 22.2. The first-order valence-electron chi connectivity index (χ1n) is 10.5. The van der Waals surface area contributed by atoms with Crippen LogP contribution >= 0.6 is 0 Å². The Morgan fingerprint density at radius 2 is 1.97 bits per heavy atom. The second kappa shape index (κ2) is 9.25. The predicted octanol–water partition coefficient (Wildman–Crippen LogP) is 4.10. The molecule has 0 saturated heterocycles. The number of fused-ring (bicyclic) bond motifs is 1. The highest BCUT2D eigenvalue weighted by Gasteiger charge is 2.38. The molecule has 32 heavy (non-hydrogen) atoms. The number of amides is 2. The zero-order valence-electron chi connectivity index (χ0n) is 17.1. The van der Waals surface area contributed by atoms with Crippen molar-refractivity contribution in [3.63, 3.8) is 0 Å². The van der Waals surface area contributed by atoms with Crippen LogP contribution in [0.15, 0.2) is 22.6 Å². The van der Waals surface area contributed by atoms with E-state index >= 15 is 0 Å². The van der Waals surface area contributed by atoms with Gasteiger partial charge in [-0.05, 0) is 30.5 Å². The first-order valence-corrected chi connectivity index (χ1v) is 10.5. The number of nitrogens with zero attached hydrogens (tertiary/aromatic N) is 3.